The van der Waals surface area contributed by atoms with Gasteiger partial charge in [0.1, 0.15) is 37.1 Å². The number of amides is 1. The minimum absolute atomic E-state index is 0.0135. The van der Waals surface area contributed by atoms with Crippen LogP contribution in [0.5, 0.6) is 0 Å². The van der Waals surface area contributed by atoms with E-state index in [1.807, 2.05) is 6.07 Å². The summed E-state index contributed by atoms with van der Waals surface area (Å²) < 4.78 is 54.4. The van der Waals surface area contributed by atoms with E-state index in [4.69, 9.17) is 33.2 Å². The molecule has 1 amide bonds. The fourth-order valence-corrected chi connectivity index (χ4v) is 4.62. The summed E-state index contributed by atoms with van der Waals surface area (Å²) in [6.07, 6.45) is -14.6. The first-order valence-corrected chi connectivity index (χ1v) is 13.2. The van der Waals surface area contributed by atoms with E-state index in [1.165, 1.54) is 6.92 Å². The summed E-state index contributed by atoms with van der Waals surface area (Å²) in [6, 6.07) is 7.72. The summed E-state index contributed by atoms with van der Waals surface area (Å²) in [5, 5.41) is 23.6. The Kier molecular flexibility index (Phi) is 12.1. The fraction of sp³-hybridized carbons (Fsp3) is 0.630. The van der Waals surface area contributed by atoms with Crippen LogP contribution in [0.2, 0.25) is 0 Å². The van der Waals surface area contributed by atoms with Gasteiger partial charge in [-0.15, -0.1) is 0 Å². The molecule has 0 saturated carbocycles. The monoisotopic (exact) mass is 601 g/mol. The predicted octanol–water partition coefficient (Wildman–Crippen LogP) is -0.339. The molecular weight excluding hydrogens is 565 g/mol. The number of halogens is 1. The van der Waals surface area contributed by atoms with Crippen molar-refractivity contribution in [2.75, 3.05) is 13.2 Å². The average Bonchev–Trinajstić information content (AvgIpc) is 2.92. The quantitative estimate of drug-likeness (QED) is 0.221. The second-order valence-corrected chi connectivity index (χ2v) is 9.78. The van der Waals surface area contributed by atoms with Crippen molar-refractivity contribution >= 4 is 23.8 Å². The summed E-state index contributed by atoms with van der Waals surface area (Å²) in [5.74, 6) is -3.10. The number of aliphatic hydroxyl groups is 2. The van der Waals surface area contributed by atoms with Crippen LogP contribution in [0.1, 0.15) is 33.3 Å². The number of esters is 3. The summed E-state index contributed by atoms with van der Waals surface area (Å²) in [4.78, 5) is 47.2. The van der Waals surface area contributed by atoms with Crippen LogP contribution in [0, 0.1) is 0 Å². The van der Waals surface area contributed by atoms with Crippen molar-refractivity contribution in [2.24, 2.45) is 0 Å². The van der Waals surface area contributed by atoms with Gasteiger partial charge in [-0.1, -0.05) is 30.3 Å². The number of benzene rings is 1. The van der Waals surface area contributed by atoms with Gasteiger partial charge in [0.05, 0.1) is 13.2 Å². The SMILES string of the molecule is CC(=O)NC1C(O[C@@H]2OC(COC(C)=O)[C@H](OC(C)=O)C(F)C2OC(C)=O)[C@@H](O)C(CO)O[C@@H]1OCc1ccccc1. The average molecular weight is 602 g/mol. The lowest BCUT2D eigenvalue weighted by Crippen LogP contribution is -2.68. The molecule has 2 aliphatic rings. The Bertz CT molecular complexity index is 1070. The Balaban J connectivity index is 1.94. The van der Waals surface area contributed by atoms with Crippen molar-refractivity contribution in [1.82, 2.24) is 5.32 Å². The maximum absolute atomic E-state index is 15.9. The number of nitrogens with one attached hydrogen (secondary N) is 1. The Morgan fingerprint density at radius 2 is 1.50 bits per heavy atom. The molecule has 1 aromatic rings. The van der Waals surface area contributed by atoms with Crippen molar-refractivity contribution in [2.45, 2.75) is 95.7 Å². The van der Waals surface area contributed by atoms with E-state index >= 15 is 4.39 Å². The summed E-state index contributed by atoms with van der Waals surface area (Å²) >= 11 is 0. The van der Waals surface area contributed by atoms with Crippen molar-refractivity contribution in [3.8, 4) is 0 Å². The van der Waals surface area contributed by atoms with Crippen LogP contribution in [0.15, 0.2) is 30.3 Å². The highest BCUT2D eigenvalue weighted by Crippen LogP contribution is 2.33. The minimum atomic E-state index is -2.23. The van der Waals surface area contributed by atoms with E-state index in [9.17, 15) is 29.4 Å². The normalized spacial score (nSPS) is 32.8. The number of hydrogen-bond acceptors (Lipinski definition) is 13. The number of rotatable bonds is 11. The molecule has 0 bridgehead atoms. The third kappa shape index (κ3) is 8.89. The molecule has 3 rings (SSSR count). The molecule has 0 aliphatic carbocycles. The lowest BCUT2D eigenvalue weighted by atomic mass is 9.95. The van der Waals surface area contributed by atoms with Gasteiger partial charge < -0.3 is 48.7 Å². The molecule has 2 aliphatic heterocycles. The molecule has 10 atom stereocenters. The zero-order valence-electron chi connectivity index (χ0n) is 23.5. The molecule has 1 aromatic carbocycles. The van der Waals surface area contributed by atoms with Gasteiger partial charge in [0.2, 0.25) is 5.91 Å². The largest absolute Gasteiger partial charge is 0.463 e. The third-order valence-corrected chi connectivity index (χ3v) is 6.40. The first-order valence-electron chi connectivity index (χ1n) is 13.2. The number of alkyl halides is 1. The lowest BCUT2D eigenvalue weighted by molar-refractivity contribution is -0.342. The number of carbonyl (C=O) groups is 4. The Morgan fingerprint density at radius 1 is 0.881 bits per heavy atom. The van der Waals surface area contributed by atoms with Gasteiger partial charge in [-0.2, -0.15) is 0 Å². The van der Waals surface area contributed by atoms with E-state index in [0.29, 0.717) is 0 Å². The van der Waals surface area contributed by atoms with Gasteiger partial charge in [0, 0.05) is 27.7 Å². The minimum Gasteiger partial charge on any atom is -0.463 e. The number of hydrogen-bond donors (Lipinski definition) is 3. The summed E-state index contributed by atoms with van der Waals surface area (Å²) in [7, 11) is 0. The van der Waals surface area contributed by atoms with E-state index in [0.717, 1.165) is 26.3 Å². The van der Waals surface area contributed by atoms with Crippen molar-refractivity contribution in [3.05, 3.63) is 35.9 Å². The molecule has 234 valence electrons. The number of aliphatic hydroxyl groups excluding tert-OH is 2. The first-order chi connectivity index (χ1) is 19.9. The maximum Gasteiger partial charge on any atom is 0.303 e. The summed E-state index contributed by atoms with van der Waals surface area (Å²) in [6.45, 7) is 3.10. The lowest BCUT2D eigenvalue weighted by Gasteiger charge is -2.47. The molecule has 0 spiro atoms. The molecule has 2 fully saturated rings. The number of ether oxygens (including phenoxy) is 7. The van der Waals surface area contributed by atoms with E-state index in [2.05, 4.69) is 5.32 Å². The van der Waals surface area contributed by atoms with Gasteiger partial charge in [0.25, 0.3) is 0 Å². The zero-order valence-corrected chi connectivity index (χ0v) is 23.5. The summed E-state index contributed by atoms with van der Waals surface area (Å²) in [5.41, 5.74) is 0.752. The van der Waals surface area contributed by atoms with Gasteiger partial charge in [-0.25, -0.2) is 4.39 Å². The molecule has 0 radical (unpaired) electrons. The Hall–Kier alpha value is -3.21. The van der Waals surface area contributed by atoms with Gasteiger partial charge in [-0.05, 0) is 5.56 Å². The molecule has 42 heavy (non-hydrogen) atoms. The third-order valence-electron chi connectivity index (χ3n) is 6.40. The topological polar surface area (TPSA) is 185 Å². The zero-order chi connectivity index (χ0) is 31.0. The second kappa shape index (κ2) is 15.3. The van der Waals surface area contributed by atoms with E-state index < -0.39 is 98.4 Å². The van der Waals surface area contributed by atoms with E-state index in [1.54, 1.807) is 24.3 Å². The van der Waals surface area contributed by atoms with Crippen molar-refractivity contribution < 1.29 is 66.9 Å². The van der Waals surface area contributed by atoms with Crippen LogP contribution >= 0.6 is 0 Å². The maximum atomic E-state index is 15.9. The molecule has 2 saturated heterocycles. The van der Waals surface area contributed by atoms with Crippen LogP contribution in [0.3, 0.4) is 0 Å². The van der Waals surface area contributed by atoms with Crippen LogP contribution < -0.4 is 5.32 Å². The van der Waals surface area contributed by atoms with Gasteiger partial charge in [0.15, 0.2) is 31.0 Å². The van der Waals surface area contributed by atoms with E-state index in [-0.39, 0.29) is 6.61 Å². The smallest absolute Gasteiger partial charge is 0.303 e. The van der Waals surface area contributed by atoms with Crippen LogP contribution in [-0.4, -0.2) is 109 Å². The van der Waals surface area contributed by atoms with Crippen molar-refractivity contribution in [3.63, 3.8) is 0 Å². The second-order valence-electron chi connectivity index (χ2n) is 9.78. The fourth-order valence-electron chi connectivity index (χ4n) is 4.62. The molecule has 3 N–H and O–H groups in total. The molecule has 6 unspecified atom stereocenters. The van der Waals surface area contributed by atoms with Gasteiger partial charge >= 0.3 is 17.9 Å². The molecule has 2 heterocycles. The first kappa shape index (κ1) is 33.3. The Morgan fingerprint density at radius 3 is 2.07 bits per heavy atom. The highest BCUT2D eigenvalue weighted by Gasteiger charge is 2.55. The predicted molar refractivity (Wildman–Crippen MR) is 137 cm³/mol. The number of carbonyl (C=O) groups excluding carboxylic acids is 4. The molecule has 14 nitrogen and oxygen atoms in total. The Labute approximate surface area is 241 Å². The molecule has 15 heteroatoms. The van der Waals surface area contributed by atoms with Crippen molar-refractivity contribution in [1.29, 1.82) is 0 Å². The van der Waals surface area contributed by atoms with Gasteiger partial charge in [-0.3, -0.25) is 19.2 Å². The van der Waals surface area contributed by atoms with Crippen LogP contribution in [0.4, 0.5) is 4.39 Å². The molecular formula is C27H36FNO13. The highest BCUT2D eigenvalue weighted by atomic mass is 19.1. The standard InChI is InChI=1S/C27H36FNO13/c1-13(31)29-21-25(22(35)18(10-30)40-26(21)37-11-17-8-6-5-7-9-17)42-27-24(39-16(4)34)20(28)23(38-15(3)33)19(41-27)12-36-14(2)32/h5-9,18-27,30,35H,10-12H2,1-4H3,(H,29,31)/t18?,19?,20?,21?,22-,23-,24?,25?,26-,27-/m0/s1. The van der Waals surface area contributed by atoms with Crippen LogP contribution in [0.25, 0.3) is 0 Å². The molecule has 0 aromatic heterocycles. The van der Waals surface area contributed by atoms with Crippen LogP contribution in [-0.2, 0) is 58.9 Å². The highest BCUT2D eigenvalue weighted by molar-refractivity contribution is 5.73.